The number of nitrogens with one attached hydrogen (secondary N) is 1. The highest BCUT2D eigenvalue weighted by Crippen LogP contribution is 2.28. The Balaban J connectivity index is 1.89. The van der Waals surface area contributed by atoms with Crippen molar-refractivity contribution in [1.29, 1.82) is 0 Å². The summed E-state index contributed by atoms with van der Waals surface area (Å²) in [6, 6.07) is 13.3. The van der Waals surface area contributed by atoms with Crippen molar-refractivity contribution in [1.82, 2.24) is 14.9 Å². The van der Waals surface area contributed by atoms with E-state index in [-0.39, 0.29) is 0 Å². The molecule has 0 saturated carbocycles. The number of anilines is 1. The van der Waals surface area contributed by atoms with Gasteiger partial charge in [0.15, 0.2) is 17.3 Å². The summed E-state index contributed by atoms with van der Waals surface area (Å²) < 4.78 is 12.4. The molecule has 0 fully saturated rings. The molecule has 0 aliphatic carbocycles. The number of hydrogen-bond donors (Lipinski definition) is 1. The van der Waals surface area contributed by atoms with Gasteiger partial charge in [-0.25, -0.2) is 5.10 Å². The van der Waals surface area contributed by atoms with Crippen LogP contribution in [-0.2, 0) is 4.79 Å². The van der Waals surface area contributed by atoms with Gasteiger partial charge < -0.3 is 14.4 Å². The van der Waals surface area contributed by atoms with Crippen molar-refractivity contribution in [2.75, 3.05) is 25.1 Å². The fourth-order valence-corrected chi connectivity index (χ4v) is 3.30. The first-order chi connectivity index (χ1) is 15.0. The number of carbonyl (C=O) groups is 1. The third-order valence-electron chi connectivity index (χ3n) is 4.67. The second kappa shape index (κ2) is 10.0. The van der Waals surface area contributed by atoms with Crippen molar-refractivity contribution in [3.05, 3.63) is 52.8 Å². The molecule has 0 aliphatic rings. The summed E-state index contributed by atoms with van der Waals surface area (Å²) in [5.41, 5.74) is 2.79. The highest BCUT2D eigenvalue weighted by atomic mass is 32.1. The molecule has 1 heterocycles. The fourth-order valence-electron chi connectivity index (χ4n) is 3.12. The van der Waals surface area contributed by atoms with Crippen LogP contribution in [0.2, 0.25) is 0 Å². The summed E-state index contributed by atoms with van der Waals surface area (Å²) >= 11 is 5.35. The van der Waals surface area contributed by atoms with E-state index >= 15 is 0 Å². The van der Waals surface area contributed by atoms with E-state index in [1.165, 1.54) is 14.0 Å². The van der Waals surface area contributed by atoms with E-state index in [0.717, 1.165) is 29.9 Å². The average molecular weight is 440 g/mol. The van der Waals surface area contributed by atoms with Gasteiger partial charge in [0.25, 0.3) is 0 Å². The smallest absolute Gasteiger partial charge is 0.308 e. The Morgan fingerprint density at radius 3 is 2.52 bits per heavy atom. The zero-order valence-electron chi connectivity index (χ0n) is 18.0. The number of carbonyl (C=O) groups excluding carboxylic acids is 1. The second-order valence-electron chi connectivity index (χ2n) is 6.63. The number of H-pyrrole nitrogens is 1. The molecule has 1 N–H and O–H groups in total. The number of aromatic amines is 1. The van der Waals surface area contributed by atoms with Gasteiger partial charge >= 0.3 is 5.97 Å². The van der Waals surface area contributed by atoms with Crippen LogP contribution in [0.4, 0.5) is 5.69 Å². The van der Waals surface area contributed by atoms with Crippen LogP contribution in [-0.4, -0.2) is 47.3 Å². The fraction of sp³-hybridized carbons (Fsp3) is 0.273. The third-order valence-corrected chi connectivity index (χ3v) is 4.93. The summed E-state index contributed by atoms with van der Waals surface area (Å²) in [5, 5.41) is 11.6. The number of esters is 1. The van der Waals surface area contributed by atoms with Crippen LogP contribution < -0.4 is 14.4 Å². The van der Waals surface area contributed by atoms with Gasteiger partial charge in [-0.2, -0.15) is 14.9 Å². The van der Waals surface area contributed by atoms with E-state index in [1.54, 1.807) is 29.1 Å². The number of nitrogens with zero attached hydrogens (tertiary/aromatic N) is 4. The lowest BCUT2D eigenvalue weighted by Crippen LogP contribution is -2.21. The molecule has 0 unspecified atom stereocenters. The van der Waals surface area contributed by atoms with E-state index < -0.39 is 5.97 Å². The van der Waals surface area contributed by atoms with Gasteiger partial charge in [-0.1, -0.05) is 0 Å². The van der Waals surface area contributed by atoms with Crippen molar-refractivity contribution < 1.29 is 14.3 Å². The Hall–Kier alpha value is -3.46. The molecule has 0 bridgehead atoms. The predicted octanol–water partition coefficient (Wildman–Crippen LogP) is 4.27. The zero-order chi connectivity index (χ0) is 22.4. The number of aromatic nitrogens is 3. The van der Waals surface area contributed by atoms with E-state index in [9.17, 15) is 4.79 Å². The number of hydrogen-bond acceptors (Lipinski definition) is 7. The van der Waals surface area contributed by atoms with Crippen LogP contribution in [0, 0.1) is 4.77 Å². The van der Waals surface area contributed by atoms with Crippen molar-refractivity contribution >= 4 is 30.1 Å². The van der Waals surface area contributed by atoms with E-state index in [4.69, 9.17) is 21.7 Å². The second-order valence-corrected chi connectivity index (χ2v) is 7.02. The molecule has 9 heteroatoms. The van der Waals surface area contributed by atoms with Gasteiger partial charge in [0, 0.05) is 31.3 Å². The van der Waals surface area contributed by atoms with Crippen LogP contribution in [0.3, 0.4) is 0 Å². The number of rotatable bonds is 8. The Bertz CT molecular complexity index is 1130. The quantitative estimate of drug-likeness (QED) is 0.244. The van der Waals surface area contributed by atoms with Crippen molar-refractivity contribution in [2.45, 2.75) is 20.8 Å². The summed E-state index contributed by atoms with van der Waals surface area (Å²) in [6.07, 6.45) is 1.64. The maximum absolute atomic E-state index is 11.2. The zero-order valence-corrected chi connectivity index (χ0v) is 18.8. The van der Waals surface area contributed by atoms with Crippen LogP contribution in [0.25, 0.3) is 11.4 Å². The summed E-state index contributed by atoms with van der Waals surface area (Å²) in [6.45, 7) is 7.48. The number of benzene rings is 2. The molecule has 0 saturated heterocycles. The molecule has 3 aromatic rings. The lowest BCUT2D eigenvalue weighted by molar-refractivity contribution is -0.132. The lowest BCUT2D eigenvalue weighted by Gasteiger charge is -2.20. The first-order valence-electron chi connectivity index (χ1n) is 9.90. The monoisotopic (exact) mass is 439 g/mol. The number of ether oxygens (including phenoxy) is 2. The van der Waals surface area contributed by atoms with Gasteiger partial charge in [0.1, 0.15) is 0 Å². The van der Waals surface area contributed by atoms with Gasteiger partial charge in [-0.05, 0) is 74.1 Å². The lowest BCUT2D eigenvalue weighted by atomic mass is 10.2. The summed E-state index contributed by atoms with van der Waals surface area (Å²) in [4.78, 5) is 13.5. The molecule has 0 aliphatic heterocycles. The van der Waals surface area contributed by atoms with E-state index in [2.05, 4.69) is 46.2 Å². The van der Waals surface area contributed by atoms with Gasteiger partial charge in [0.2, 0.25) is 4.77 Å². The van der Waals surface area contributed by atoms with Crippen LogP contribution >= 0.6 is 12.2 Å². The topological polar surface area (TPSA) is 84.7 Å². The van der Waals surface area contributed by atoms with Gasteiger partial charge in [-0.3, -0.25) is 4.79 Å². The molecular weight excluding hydrogens is 414 g/mol. The SMILES string of the molecule is CCN(CC)c1ccc(-c2n[nH]c(=S)n2N=Cc2ccc(OC(C)=O)c(OC)c2)cc1. The van der Waals surface area contributed by atoms with Crippen LogP contribution in [0.15, 0.2) is 47.6 Å². The molecule has 0 spiro atoms. The van der Waals surface area contributed by atoms with Gasteiger partial charge in [0.05, 0.1) is 13.3 Å². The Kier molecular flexibility index (Phi) is 7.19. The minimum Gasteiger partial charge on any atom is -0.493 e. The normalized spacial score (nSPS) is 11.0. The average Bonchev–Trinajstić information content (AvgIpc) is 3.14. The molecule has 3 rings (SSSR count). The Morgan fingerprint density at radius 1 is 1.19 bits per heavy atom. The molecule has 162 valence electrons. The van der Waals surface area contributed by atoms with E-state index in [1.807, 2.05) is 12.1 Å². The summed E-state index contributed by atoms with van der Waals surface area (Å²) in [7, 11) is 1.51. The molecular formula is C22H25N5O3S. The molecule has 0 atom stereocenters. The highest BCUT2D eigenvalue weighted by Gasteiger charge is 2.10. The van der Waals surface area contributed by atoms with Crippen LogP contribution in [0.1, 0.15) is 26.3 Å². The van der Waals surface area contributed by atoms with Crippen molar-refractivity contribution in [3.63, 3.8) is 0 Å². The highest BCUT2D eigenvalue weighted by molar-refractivity contribution is 7.71. The first-order valence-corrected chi connectivity index (χ1v) is 10.3. The molecule has 8 nitrogen and oxygen atoms in total. The minimum absolute atomic E-state index is 0.348. The maximum atomic E-state index is 11.2. The summed E-state index contributed by atoms with van der Waals surface area (Å²) in [5.74, 6) is 0.972. The Labute approximate surface area is 186 Å². The van der Waals surface area contributed by atoms with E-state index in [0.29, 0.717) is 22.1 Å². The van der Waals surface area contributed by atoms with Crippen LogP contribution in [0.5, 0.6) is 11.5 Å². The molecule has 0 radical (unpaired) electrons. The minimum atomic E-state index is -0.416. The number of methoxy groups -OCH3 is 1. The molecule has 0 amide bonds. The standard InChI is InChI=1S/C22H25N5O3S/c1-5-26(6-2)18-10-8-17(9-11-18)21-24-25-22(31)27(21)23-14-16-7-12-19(30-15(3)28)20(13-16)29-4/h7-14H,5-6H2,1-4H3,(H,25,31). The molecule has 31 heavy (non-hydrogen) atoms. The third kappa shape index (κ3) is 5.18. The first kappa shape index (κ1) is 22.2. The largest absolute Gasteiger partial charge is 0.493 e. The molecule has 1 aromatic heterocycles. The Morgan fingerprint density at radius 2 is 1.90 bits per heavy atom. The molecule has 2 aromatic carbocycles. The van der Waals surface area contributed by atoms with Crippen molar-refractivity contribution in [3.8, 4) is 22.9 Å². The maximum Gasteiger partial charge on any atom is 0.308 e. The van der Waals surface area contributed by atoms with Gasteiger partial charge in [-0.15, -0.1) is 0 Å². The predicted molar refractivity (Wildman–Crippen MR) is 124 cm³/mol. The van der Waals surface area contributed by atoms with Crippen molar-refractivity contribution in [2.24, 2.45) is 5.10 Å².